The second-order valence-electron chi connectivity index (χ2n) is 6.42. The number of aromatic nitrogens is 2. The van der Waals surface area contributed by atoms with E-state index in [0.717, 1.165) is 11.1 Å². The first kappa shape index (κ1) is 19.9. The number of thioether (sulfide) groups is 1. The number of carbonyl (C=O) groups is 1. The highest BCUT2D eigenvalue weighted by atomic mass is 32.2. The second kappa shape index (κ2) is 9.37. The van der Waals surface area contributed by atoms with Crippen molar-refractivity contribution in [1.82, 2.24) is 9.55 Å². The molecule has 0 aliphatic carbocycles. The second-order valence-corrected chi connectivity index (χ2v) is 7.36. The molecule has 0 atom stereocenters. The third kappa shape index (κ3) is 5.10. The lowest BCUT2D eigenvalue weighted by atomic mass is 10.1. The maximum Gasteiger partial charge on any atom is 0.316 e. The van der Waals surface area contributed by atoms with Crippen molar-refractivity contribution in [2.45, 2.75) is 25.1 Å². The van der Waals surface area contributed by atoms with Gasteiger partial charge in [-0.15, -0.1) is 0 Å². The molecule has 0 amide bonds. The van der Waals surface area contributed by atoms with Crippen molar-refractivity contribution in [2.24, 2.45) is 7.05 Å². The fourth-order valence-corrected chi connectivity index (χ4v) is 3.57. The van der Waals surface area contributed by atoms with Crippen LogP contribution in [0.3, 0.4) is 0 Å². The zero-order valence-electron chi connectivity index (χ0n) is 15.9. The van der Waals surface area contributed by atoms with Gasteiger partial charge in [-0.3, -0.25) is 14.2 Å². The lowest BCUT2D eigenvalue weighted by molar-refractivity contribution is -0.141. The van der Waals surface area contributed by atoms with E-state index in [1.165, 1.54) is 16.3 Å². The van der Waals surface area contributed by atoms with Gasteiger partial charge in [-0.25, -0.2) is 4.98 Å². The molecule has 6 heteroatoms. The van der Waals surface area contributed by atoms with Gasteiger partial charge in [0.2, 0.25) is 0 Å². The van der Waals surface area contributed by atoms with Crippen LogP contribution in [0.4, 0.5) is 0 Å². The van der Waals surface area contributed by atoms with Crippen molar-refractivity contribution in [2.75, 3.05) is 5.75 Å². The van der Waals surface area contributed by atoms with Crippen LogP contribution in [0.15, 0.2) is 70.6 Å². The zero-order valence-corrected chi connectivity index (χ0v) is 16.7. The highest BCUT2D eigenvalue weighted by molar-refractivity contribution is 7.99. The molecule has 0 aliphatic rings. The van der Waals surface area contributed by atoms with Gasteiger partial charge < -0.3 is 4.74 Å². The SMILES string of the molecule is Cc1nc(SCC(=O)OCc2ccccc2)n(C)c(=O)c1Cc1ccccc1. The summed E-state index contributed by atoms with van der Waals surface area (Å²) >= 11 is 1.21. The Bertz CT molecular complexity index is 1000. The Balaban J connectivity index is 1.64. The smallest absolute Gasteiger partial charge is 0.316 e. The van der Waals surface area contributed by atoms with Gasteiger partial charge in [0.05, 0.1) is 5.75 Å². The highest BCUT2D eigenvalue weighted by Gasteiger charge is 2.14. The standard InChI is InChI=1S/C22H22N2O3S/c1-16-19(13-17-9-5-3-6-10-17)21(26)24(2)22(23-16)28-15-20(25)27-14-18-11-7-4-8-12-18/h3-12H,13-15H2,1-2H3. The molecule has 0 saturated heterocycles. The summed E-state index contributed by atoms with van der Waals surface area (Å²) in [6.07, 6.45) is 0.538. The van der Waals surface area contributed by atoms with Crippen molar-refractivity contribution in [3.63, 3.8) is 0 Å². The molecule has 0 unspecified atom stereocenters. The molecule has 0 radical (unpaired) electrons. The van der Waals surface area contributed by atoms with E-state index in [0.29, 0.717) is 22.8 Å². The molecule has 5 nitrogen and oxygen atoms in total. The maximum absolute atomic E-state index is 12.8. The molecule has 0 spiro atoms. The number of aryl methyl sites for hydroxylation is 1. The summed E-state index contributed by atoms with van der Waals surface area (Å²) in [5, 5.41) is 0.510. The van der Waals surface area contributed by atoms with Gasteiger partial charge >= 0.3 is 5.97 Å². The van der Waals surface area contributed by atoms with Crippen LogP contribution in [0, 0.1) is 6.92 Å². The average molecular weight is 394 g/mol. The number of benzene rings is 2. The van der Waals surface area contributed by atoms with E-state index in [4.69, 9.17) is 4.74 Å². The monoisotopic (exact) mass is 394 g/mol. The van der Waals surface area contributed by atoms with Crippen LogP contribution in [0.5, 0.6) is 0 Å². The van der Waals surface area contributed by atoms with Crippen molar-refractivity contribution in [3.8, 4) is 0 Å². The summed E-state index contributed by atoms with van der Waals surface area (Å²) in [7, 11) is 1.68. The zero-order chi connectivity index (χ0) is 19.9. The van der Waals surface area contributed by atoms with E-state index < -0.39 is 0 Å². The number of rotatable bonds is 7. The molecule has 28 heavy (non-hydrogen) atoms. The third-order valence-electron chi connectivity index (χ3n) is 4.34. The first-order chi connectivity index (χ1) is 13.5. The van der Waals surface area contributed by atoms with E-state index in [2.05, 4.69) is 4.98 Å². The Morgan fingerprint density at radius 3 is 2.29 bits per heavy atom. The number of ether oxygens (including phenoxy) is 1. The number of nitrogens with zero attached hydrogens (tertiary/aromatic N) is 2. The van der Waals surface area contributed by atoms with Crippen LogP contribution in [0.25, 0.3) is 0 Å². The predicted molar refractivity (Wildman–Crippen MR) is 110 cm³/mol. The number of carbonyl (C=O) groups excluding carboxylic acids is 1. The summed E-state index contributed by atoms with van der Waals surface area (Å²) in [6.45, 7) is 2.07. The van der Waals surface area contributed by atoms with Crippen LogP contribution >= 0.6 is 11.8 Å². The van der Waals surface area contributed by atoms with Crippen molar-refractivity contribution < 1.29 is 9.53 Å². The molecule has 2 aromatic carbocycles. The number of hydrogen-bond acceptors (Lipinski definition) is 5. The first-order valence-corrected chi connectivity index (χ1v) is 9.96. The van der Waals surface area contributed by atoms with Gasteiger partial charge in [0, 0.05) is 24.7 Å². The highest BCUT2D eigenvalue weighted by Crippen LogP contribution is 2.17. The summed E-state index contributed by atoms with van der Waals surface area (Å²) in [5.41, 5.74) is 3.27. The van der Waals surface area contributed by atoms with Crippen molar-refractivity contribution in [3.05, 3.63) is 93.4 Å². The van der Waals surface area contributed by atoms with Gasteiger partial charge in [0.25, 0.3) is 5.56 Å². The molecular formula is C22H22N2O3S. The number of esters is 1. The Morgan fingerprint density at radius 1 is 1.04 bits per heavy atom. The minimum absolute atomic E-state index is 0.0866. The largest absolute Gasteiger partial charge is 0.460 e. The van der Waals surface area contributed by atoms with Gasteiger partial charge in [-0.05, 0) is 18.1 Å². The molecule has 144 valence electrons. The summed E-state index contributed by atoms with van der Waals surface area (Å²) in [6, 6.07) is 19.4. The Morgan fingerprint density at radius 2 is 1.64 bits per heavy atom. The molecule has 0 fully saturated rings. The van der Waals surface area contributed by atoms with E-state index in [1.54, 1.807) is 7.05 Å². The van der Waals surface area contributed by atoms with Crippen LogP contribution in [-0.4, -0.2) is 21.3 Å². The van der Waals surface area contributed by atoms with Crippen molar-refractivity contribution >= 4 is 17.7 Å². The topological polar surface area (TPSA) is 61.2 Å². The van der Waals surface area contributed by atoms with Crippen LogP contribution < -0.4 is 5.56 Å². The van der Waals surface area contributed by atoms with Gasteiger partial charge in [0.15, 0.2) is 5.16 Å². The third-order valence-corrected chi connectivity index (χ3v) is 5.34. The minimum Gasteiger partial charge on any atom is -0.460 e. The Hall–Kier alpha value is -2.86. The van der Waals surface area contributed by atoms with E-state index in [1.807, 2.05) is 67.6 Å². The van der Waals surface area contributed by atoms with E-state index in [-0.39, 0.29) is 23.9 Å². The van der Waals surface area contributed by atoms with Gasteiger partial charge in [-0.1, -0.05) is 72.4 Å². The van der Waals surface area contributed by atoms with Crippen LogP contribution in [0.2, 0.25) is 0 Å². The predicted octanol–water partition coefficient (Wildman–Crippen LogP) is 3.52. The Labute approximate surface area is 168 Å². The molecule has 0 aliphatic heterocycles. The normalized spacial score (nSPS) is 10.6. The molecule has 3 rings (SSSR count). The summed E-state index contributed by atoms with van der Waals surface area (Å²) in [4.78, 5) is 29.3. The summed E-state index contributed by atoms with van der Waals surface area (Å²) in [5.74, 6) is -0.237. The lowest BCUT2D eigenvalue weighted by Gasteiger charge is -2.12. The van der Waals surface area contributed by atoms with Crippen LogP contribution in [-0.2, 0) is 29.6 Å². The molecule has 1 heterocycles. The van der Waals surface area contributed by atoms with Gasteiger partial charge in [0.1, 0.15) is 6.61 Å². The molecule has 3 aromatic rings. The lowest BCUT2D eigenvalue weighted by Crippen LogP contribution is -2.26. The maximum atomic E-state index is 12.8. The quantitative estimate of drug-likeness (QED) is 0.349. The average Bonchev–Trinajstić information content (AvgIpc) is 2.73. The fraction of sp³-hybridized carbons (Fsp3) is 0.227. The van der Waals surface area contributed by atoms with E-state index in [9.17, 15) is 9.59 Å². The fourth-order valence-electron chi connectivity index (χ4n) is 2.77. The molecular weight excluding hydrogens is 372 g/mol. The molecule has 0 N–H and O–H groups in total. The summed E-state index contributed by atoms with van der Waals surface area (Å²) < 4.78 is 6.78. The minimum atomic E-state index is -0.339. The van der Waals surface area contributed by atoms with Crippen molar-refractivity contribution in [1.29, 1.82) is 0 Å². The molecule has 1 aromatic heterocycles. The van der Waals surface area contributed by atoms with Crippen LogP contribution in [0.1, 0.15) is 22.4 Å². The Kier molecular flexibility index (Phi) is 6.66. The molecule has 0 saturated carbocycles. The first-order valence-electron chi connectivity index (χ1n) is 8.97. The number of hydrogen-bond donors (Lipinski definition) is 0. The van der Waals surface area contributed by atoms with E-state index >= 15 is 0 Å². The van der Waals surface area contributed by atoms with Gasteiger partial charge in [-0.2, -0.15) is 0 Å². The molecule has 0 bridgehead atoms.